The summed E-state index contributed by atoms with van der Waals surface area (Å²) in [5.41, 5.74) is 1.75. The highest BCUT2D eigenvalue weighted by atomic mass is 32.2. The van der Waals surface area contributed by atoms with E-state index in [0.29, 0.717) is 19.6 Å². The Morgan fingerprint density at radius 1 is 1.00 bits per heavy atom. The second-order valence-electron chi connectivity index (χ2n) is 7.17. The summed E-state index contributed by atoms with van der Waals surface area (Å²) in [4.78, 5) is 30.8. The normalized spacial score (nSPS) is 17.1. The van der Waals surface area contributed by atoms with Gasteiger partial charge < -0.3 is 10.6 Å². The van der Waals surface area contributed by atoms with Crippen LogP contribution in [0.2, 0.25) is 0 Å². The number of hydrogen-bond acceptors (Lipinski definition) is 6. The number of pyridine rings is 1. The van der Waals surface area contributed by atoms with E-state index in [1.54, 1.807) is 12.4 Å². The molecule has 1 aliphatic rings. The molecule has 2 aromatic rings. The molecule has 1 aromatic heterocycles. The van der Waals surface area contributed by atoms with Crippen molar-refractivity contribution in [3.63, 3.8) is 0 Å². The number of sulfone groups is 1. The van der Waals surface area contributed by atoms with Gasteiger partial charge in [-0.2, -0.15) is 0 Å². The van der Waals surface area contributed by atoms with Crippen LogP contribution in [-0.4, -0.2) is 61.3 Å². The molecule has 1 aromatic carbocycles. The second kappa shape index (κ2) is 10.3. The molecular formula is C21H26N4O4S. The van der Waals surface area contributed by atoms with Gasteiger partial charge in [0.1, 0.15) is 6.04 Å². The van der Waals surface area contributed by atoms with Crippen molar-refractivity contribution >= 4 is 21.7 Å². The second-order valence-corrected chi connectivity index (χ2v) is 9.48. The zero-order chi connectivity index (χ0) is 21.4. The molecular weight excluding hydrogens is 404 g/mol. The van der Waals surface area contributed by atoms with E-state index >= 15 is 0 Å². The molecule has 160 valence electrons. The summed E-state index contributed by atoms with van der Waals surface area (Å²) in [5.74, 6) is -0.308. The van der Waals surface area contributed by atoms with E-state index in [2.05, 4.69) is 15.6 Å². The van der Waals surface area contributed by atoms with Crippen LogP contribution in [0.25, 0.3) is 0 Å². The average molecular weight is 431 g/mol. The van der Waals surface area contributed by atoms with Crippen molar-refractivity contribution in [3.8, 4) is 0 Å². The standard InChI is InChI=1S/C21H26N4O4S/c26-19(24-16-17-6-9-22-10-7-17)8-11-23-21(27)20(18-4-2-1-3-5-18)25-12-14-30(28,29)15-13-25/h1-7,9-10,20H,8,11-16H2,(H,23,27)(H,24,26). The van der Waals surface area contributed by atoms with Gasteiger partial charge in [0.05, 0.1) is 11.5 Å². The molecule has 2 amide bonds. The number of carbonyl (C=O) groups is 2. The van der Waals surface area contributed by atoms with Gasteiger partial charge in [0.15, 0.2) is 9.84 Å². The molecule has 30 heavy (non-hydrogen) atoms. The van der Waals surface area contributed by atoms with Crippen LogP contribution in [0.1, 0.15) is 23.6 Å². The van der Waals surface area contributed by atoms with Crippen molar-refractivity contribution in [2.45, 2.75) is 19.0 Å². The van der Waals surface area contributed by atoms with Gasteiger partial charge in [-0.3, -0.25) is 19.5 Å². The SMILES string of the molecule is O=C(CCNC(=O)C(c1ccccc1)N1CCS(=O)(=O)CC1)NCc1ccncc1. The predicted octanol–water partition coefficient (Wildman–Crippen LogP) is 0.676. The van der Waals surface area contributed by atoms with E-state index in [1.807, 2.05) is 47.4 Å². The number of rotatable bonds is 8. The van der Waals surface area contributed by atoms with Crippen molar-refractivity contribution in [1.82, 2.24) is 20.5 Å². The molecule has 8 nitrogen and oxygen atoms in total. The van der Waals surface area contributed by atoms with Crippen LogP contribution >= 0.6 is 0 Å². The van der Waals surface area contributed by atoms with Crippen LogP contribution < -0.4 is 10.6 Å². The van der Waals surface area contributed by atoms with Crippen LogP contribution in [0, 0.1) is 0 Å². The zero-order valence-electron chi connectivity index (χ0n) is 16.7. The third kappa shape index (κ3) is 6.36. The van der Waals surface area contributed by atoms with Crippen LogP contribution in [0.4, 0.5) is 0 Å². The molecule has 1 fully saturated rings. The molecule has 1 saturated heterocycles. The van der Waals surface area contributed by atoms with Crippen molar-refractivity contribution in [1.29, 1.82) is 0 Å². The number of hydrogen-bond donors (Lipinski definition) is 2. The number of nitrogens with zero attached hydrogens (tertiary/aromatic N) is 2. The molecule has 0 aliphatic carbocycles. The van der Waals surface area contributed by atoms with Gasteiger partial charge in [-0.15, -0.1) is 0 Å². The van der Waals surface area contributed by atoms with Gasteiger partial charge >= 0.3 is 0 Å². The lowest BCUT2D eigenvalue weighted by Crippen LogP contribution is -2.48. The first-order valence-electron chi connectivity index (χ1n) is 9.87. The summed E-state index contributed by atoms with van der Waals surface area (Å²) in [7, 11) is -3.04. The molecule has 0 spiro atoms. The highest BCUT2D eigenvalue weighted by Crippen LogP contribution is 2.23. The van der Waals surface area contributed by atoms with Crippen molar-refractivity contribution in [2.75, 3.05) is 31.1 Å². The third-order valence-electron chi connectivity index (χ3n) is 5.00. The lowest BCUT2D eigenvalue weighted by atomic mass is 10.0. The van der Waals surface area contributed by atoms with Gasteiger partial charge in [-0.25, -0.2) is 8.42 Å². The Bertz CT molecular complexity index is 937. The summed E-state index contributed by atoms with van der Waals surface area (Å²) in [6, 6.07) is 12.3. The quantitative estimate of drug-likeness (QED) is 0.638. The van der Waals surface area contributed by atoms with E-state index in [0.717, 1.165) is 11.1 Å². The number of benzene rings is 1. The maximum absolute atomic E-state index is 12.9. The van der Waals surface area contributed by atoms with Gasteiger partial charge in [0.25, 0.3) is 0 Å². The molecule has 3 rings (SSSR count). The molecule has 0 saturated carbocycles. The van der Waals surface area contributed by atoms with E-state index < -0.39 is 15.9 Å². The molecule has 0 radical (unpaired) electrons. The lowest BCUT2D eigenvalue weighted by Gasteiger charge is -2.33. The van der Waals surface area contributed by atoms with E-state index in [9.17, 15) is 18.0 Å². The molecule has 1 unspecified atom stereocenters. The minimum atomic E-state index is -3.04. The molecule has 1 aliphatic heterocycles. The third-order valence-corrected chi connectivity index (χ3v) is 6.61. The zero-order valence-corrected chi connectivity index (χ0v) is 17.5. The van der Waals surface area contributed by atoms with Gasteiger partial charge in [0, 0.05) is 45.0 Å². The maximum Gasteiger partial charge on any atom is 0.241 e. The highest BCUT2D eigenvalue weighted by molar-refractivity contribution is 7.91. The van der Waals surface area contributed by atoms with Crippen molar-refractivity contribution in [3.05, 3.63) is 66.0 Å². The van der Waals surface area contributed by atoms with Crippen molar-refractivity contribution < 1.29 is 18.0 Å². The minimum absolute atomic E-state index is 0.0427. The fourth-order valence-corrected chi connectivity index (χ4v) is 4.56. The molecule has 0 bridgehead atoms. The van der Waals surface area contributed by atoms with Crippen LogP contribution in [0.5, 0.6) is 0 Å². The molecule has 2 heterocycles. The number of carbonyl (C=O) groups excluding carboxylic acids is 2. The largest absolute Gasteiger partial charge is 0.354 e. The number of nitrogens with one attached hydrogen (secondary N) is 2. The highest BCUT2D eigenvalue weighted by Gasteiger charge is 2.32. The topological polar surface area (TPSA) is 108 Å². The van der Waals surface area contributed by atoms with E-state index in [-0.39, 0.29) is 36.3 Å². The Kier molecular flexibility index (Phi) is 7.53. The first-order valence-corrected chi connectivity index (χ1v) is 11.7. The number of aromatic nitrogens is 1. The van der Waals surface area contributed by atoms with E-state index in [4.69, 9.17) is 0 Å². The Balaban J connectivity index is 1.54. The Morgan fingerprint density at radius 2 is 1.67 bits per heavy atom. The summed E-state index contributed by atoms with van der Waals surface area (Å²) >= 11 is 0. The fourth-order valence-electron chi connectivity index (χ4n) is 3.33. The number of amides is 2. The van der Waals surface area contributed by atoms with Crippen LogP contribution in [0.3, 0.4) is 0 Å². The van der Waals surface area contributed by atoms with Crippen molar-refractivity contribution in [2.24, 2.45) is 0 Å². The Labute approximate surface area is 176 Å². The average Bonchev–Trinajstić information content (AvgIpc) is 2.75. The molecule has 2 N–H and O–H groups in total. The Hall–Kier alpha value is -2.78. The predicted molar refractivity (Wildman–Crippen MR) is 113 cm³/mol. The summed E-state index contributed by atoms with van der Waals surface area (Å²) in [6.07, 6.45) is 3.49. The summed E-state index contributed by atoms with van der Waals surface area (Å²) in [5, 5.41) is 5.64. The lowest BCUT2D eigenvalue weighted by molar-refractivity contribution is -0.127. The fraction of sp³-hybridized carbons (Fsp3) is 0.381. The van der Waals surface area contributed by atoms with Gasteiger partial charge in [-0.1, -0.05) is 30.3 Å². The smallest absolute Gasteiger partial charge is 0.241 e. The van der Waals surface area contributed by atoms with Gasteiger partial charge in [-0.05, 0) is 23.3 Å². The summed E-state index contributed by atoms with van der Waals surface area (Å²) in [6.45, 7) is 1.23. The Morgan fingerprint density at radius 3 is 2.33 bits per heavy atom. The summed E-state index contributed by atoms with van der Waals surface area (Å²) < 4.78 is 23.5. The monoisotopic (exact) mass is 430 g/mol. The first kappa shape index (κ1) is 21.9. The van der Waals surface area contributed by atoms with Gasteiger partial charge in [0.2, 0.25) is 11.8 Å². The van der Waals surface area contributed by atoms with Crippen LogP contribution in [0.15, 0.2) is 54.9 Å². The van der Waals surface area contributed by atoms with Crippen LogP contribution in [-0.2, 0) is 26.0 Å². The first-order chi connectivity index (χ1) is 14.4. The maximum atomic E-state index is 12.9. The molecule has 9 heteroatoms. The van der Waals surface area contributed by atoms with E-state index in [1.165, 1.54) is 0 Å². The molecule has 1 atom stereocenters. The minimum Gasteiger partial charge on any atom is -0.354 e.